The largest absolute Gasteiger partial charge is 0.497 e. The summed E-state index contributed by atoms with van der Waals surface area (Å²) in [6.07, 6.45) is 4.19. The van der Waals surface area contributed by atoms with E-state index in [0.29, 0.717) is 18.0 Å². The lowest BCUT2D eigenvalue weighted by molar-refractivity contribution is -0.124. The highest BCUT2D eigenvalue weighted by molar-refractivity contribution is 5.92. The van der Waals surface area contributed by atoms with Crippen molar-refractivity contribution in [1.29, 1.82) is 0 Å². The monoisotopic (exact) mass is 312 g/mol. The third-order valence-electron chi connectivity index (χ3n) is 3.33. The highest BCUT2D eigenvalue weighted by Crippen LogP contribution is 2.23. The number of hydrogen-bond donors (Lipinski definition) is 1. The van der Waals surface area contributed by atoms with Crippen LogP contribution in [0.3, 0.4) is 0 Å². The van der Waals surface area contributed by atoms with E-state index in [2.05, 4.69) is 0 Å². The molecular weight excluding hydrogens is 292 g/mol. The number of amides is 1. The fourth-order valence-corrected chi connectivity index (χ4v) is 2.19. The van der Waals surface area contributed by atoms with Crippen LogP contribution < -0.4 is 15.2 Å². The Morgan fingerprint density at radius 1 is 1.29 bits per heavy atom. The van der Waals surface area contributed by atoms with E-state index in [1.54, 1.807) is 37.3 Å². The maximum absolute atomic E-state index is 12.0. The third-order valence-corrected chi connectivity index (χ3v) is 3.33. The van der Waals surface area contributed by atoms with E-state index < -0.39 is 0 Å². The molecule has 1 atom stereocenters. The van der Waals surface area contributed by atoms with Crippen molar-refractivity contribution in [3.63, 3.8) is 0 Å². The second-order valence-electron chi connectivity index (χ2n) is 4.81. The van der Waals surface area contributed by atoms with Gasteiger partial charge in [-0.25, -0.2) is 0 Å². The molecule has 1 heterocycles. The molecule has 0 aromatic heterocycles. The predicted octanol–water partition coefficient (Wildman–Crippen LogP) is 1.70. The number of benzene rings is 1. The molecule has 0 saturated carbocycles. The average Bonchev–Trinajstić information content (AvgIpc) is 2.91. The molecule has 1 aliphatic rings. The smallest absolute Gasteiger partial charge is 0.246 e. The summed E-state index contributed by atoms with van der Waals surface area (Å²) < 4.78 is 10.4. The zero-order chi connectivity index (χ0) is 14.5. The van der Waals surface area contributed by atoms with Crippen molar-refractivity contribution >= 4 is 24.4 Å². The number of likely N-dealkylation sites (tertiary alicyclic amines) is 1. The lowest BCUT2D eigenvalue weighted by atomic mass is 10.2. The van der Waals surface area contributed by atoms with Crippen LogP contribution in [0, 0.1) is 0 Å². The SMILES string of the molecule is COc1cc(/C=C/C(=O)N2CC[C@@H](N)C2)cc(OC)c1.Cl. The molecule has 0 spiro atoms. The maximum atomic E-state index is 12.0. The number of rotatable bonds is 4. The van der Waals surface area contributed by atoms with Crippen LogP contribution in [0.1, 0.15) is 12.0 Å². The zero-order valence-electron chi connectivity index (χ0n) is 12.2. The first-order chi connectivity index (χ1) is 9.62. The molecule has 0 bridgehead atoms. The van der Waals surface area contributed by atoms with Crippen LogP contribution in [0.15, 0.2) is 24.3 Å². The molecule has 0 aliphatic carbocycles. The van der Waals surface area contributed by atoms with Gasteiger partial charge in [-0.2, -0.15) is 0 Å². The second kappa shape index (κ2) is 7.90. The molecule has 6 heteroatoms. The lowest BCUT2D eigenvalue weighted by Gasteiger charge is -2.12. The standard InChI is InChI=1S/C15H20N2O3.ClH/c1-19-13-7-11(8-14(9-13)20-2)3-4-15(18)17-6-5-12(16)10-17;/h3-4,7-9,12H,5-6,10,16H2,1-2H3;1H/b4-3+;/t12-;/m1./s1. The van der Waals surface area contributed by atoms with Gasteiger partial charge in [-0.05, 0) is 30.2 Å². The summed E-state index contributed by atoms with van der Waals surface area (Å²) in [4.78, 5) is 13.8. The maximum Gasteiger partial charge on any atom is 0.246 e. The molecule has 1 aromatic rings. The Kier molecular flexibility index (Phi) is 6.52. The van der Waals surface area contributed by atoms with Gasteiger partial charge in [0.1, 0.15) is 11.5 Å². The van der Waals surface area contributed by atoms with E-state index >= 15 is 0 Å². The van der Waals surface area contributed by atoms with E-state index in [9.17, 15) is 4.79 Å². The van der Waals surface area contributed by atoms with Gasteiger partial charge >= 0.3 is 0 Å². The summed E-state index contributed by atoms with van der Waals surface area (Å²) in [5.74, 6) is 1.37. The molecule has 1 saturated heterocycles. The first-order valence-electron chi connectivity index (χ1n) is 6.58. The van der Waals surface area contributed by atoms with Crippen LogP contribution in [0.5, 0.6) is 11.5 Å². The van der Waals surface area contributed by atoms with Crippen molar-refractivity contribution in [1.82, 2.24) is 4.90 Å². The number of nitrogens with zero attached hydrogens (tertiary/aromatic N) is 1. The Hall–Kier alpha value is -1.72. The van der Waals surface area contributed by atoms with Crippen LogP contribution in [0.25, 0.3) is 6.08 Å². The van der Waals surface area contributed by atoms with Crippen molar-refractivity contribution in [2.24, 2.45) is 5.73 Å². The topological polar surface area (TPSA) is 64.8 Å². The fraction of sp³-hybridized carbons (Fsp3) is 0.400. The number of halogens is 1. The molecule has 0 unspecified atom stereocenters. The fourth-order valence-electron chi connectivity index (χ4n) is 2.19. The molecule has 5 nitrogen and oxygen atoms in total. The summed E-state index contributed by atoms with van der Waals surface area (Å²) in [5, 5.41) is 0. The van der Waals surface area contributed by atoms with Crippen LogP contribution in [-0.2, 0) is 4.79 Å². The second-order valence-corrected chi connectivity index (χ2v) is 4.81. The summed E-state index contributed by atoms with van der Waals surface area (Å²) >= 11 is 0. The van der Waals surface area contributed by atoms with Crippen molar-refractivity contribution in [3.05, 3.63) is 29.8 Å². The molecule has 2 rings (SSSR count). The van der Waals surface area contributed by atoms with Crippen LogP contribution in [0.4, 0.5) is 0 Å². The molecule has 1 amide bonds. The van der Waals surface area contributed by atoms with E-state index in [4.69, 9.17) is 15.2 Å². The quantitative estimate of drug-likeness (QED) is 0.859. The van der Waals surface area contributed by atoms with Gasteiger partial charge in [-0.15, -0.1) is 12.4 Å². The minimum Gasteiger partial charge on any atom is -0.497 e. The molecule has 21 heavy (non-hydrogen) atoms. The zero-order valence-corrected chi connectivity index (χ0v) is 13.1. The van der Waals surface area contributed by atoms with E-state index in [1.165, 1.54) is 0 Å². The van der Waals surface area contributed by atoms with Gasteiger partial charge in [-0.3, -0.25) is 4.79 Å². The van der Waals surface area contributed by atoms with E-state index in [-0.39, 0.29) is 24.4 Å². The van der Waals surface area contributed by atoms with Gasteiger partial charge in [0.15, 0.2) is 0 Å². The Morgan fingerprint density at radius 3 is 2.38 bits per heavy atom. The summed E-state index contributed by atoms with van der Waals surface area (Å²) in [6, 6.07) is 5.59. The normalized spacial score (nSPS) is 17.7. The van der Waals surface area contributed by atoms with Crippen molar-refractivity contribution < 1.29 is 14.3 Å². The molecule has 1 fully saturated rings. The van der Waals surface area contributed by atoms with Gasteiger partial charge in [0.2, 0.25) is 5.91 Å². The Balaban J connectivity index is 0.00000220. The van der Waals surface area contributed by atoms with Gasteiger partial charge < -0.3 is 20.1 Å². The molecule has 1 aliphatic heterocycles. The number of hydrogen-bond acceptors (Lipinski definition) is 4. The summed E-state index contributed by atoms with van der Waals surface area (Å²) in [5.41, 5.74) is 6.65. The molecule has 1 aromatic carbocycles. The Bertz CT molecular complexity index is 497. The minimum absolute atomic E-state index is 0. The van der Waals surface area contributed by atoms with Crippen molar-refractivity contribution in [2.45, 2.75) is 12.5 Å². The van der Waals surface area contributed by atoms with Crippen LogP contribution in [-0.4, -0.2) is 44.2 Å². The van der Waals surface area contributed by atoms with Gasteiger partial charge in [0, 0.05) is 31.3 Å². The third kappa shape index (κ3) is 4.65. The first kappa shape index (κ1) is 17.3. The van der Waals surface area contributed by atoms with Crippen LogP contribution in [0.2, 0.25) is 0 Å². The summed E-state index contributed by atoms with van der Waals surface area (Å²) in [7, 11) is 3.19. The average molecular weight is 313 g/mol. The van der Waals surface area contributed by atoms with Gasteiger partial charge in [-0.1, -0.05) is 0 Å². The lowest BCUT2D eigenvalue weighted by Crippen LogP contribution is -2.30. The predicted molar refractivity (Wildman–Crippen MR) is 85.0 cm³/mol. The molecule has 2 N–H and O–H groups in total. The van der Waals surface area contributed by atoms with Gasteiger partial charge in [0.25, 0.3) is 0 Å². The van der Waals surface area contributed by atoms with E-state index in [0.717, 1.165) is 18.5 Å². The molecule has 0 radical (unpaired) electrons. The number of carbonyl (C=O) groups is 1. The number of ether oxygens (including phenoxy) is 2. The summed E-state index contributed by atoms with van der Waals surface area (Å²) in [6.45, 7) is 1.36. The van der Waals surface area contributed by atoms with Crippen LogP contribution >= 0.6 is 12.4 Å². The Labute approximate surface area is 131 Å². The highest BCUT2D eigenvalue weighted by Gasteiger charge is 2.21. The highest BCUT2D eigenvalue weighted by atomic mass is 35.5. The Morgan fingerprint density at radius 2 is 1.90 bits per heavy atom. The molecular formula is C15H21ClN2O3. The van der Waals surface area contributed by atoms with E-state index in [1.807, 2.05) is 12.1 Å². The van der Waals surface area contributed by atoms with Crippen molar-refractivity contribution in [3.8, 4) is 11.5 Å². The van der Waals surface area contributed by atoms with Crippen molar-refractivity contribution in [2.75, 3.05) is 27.3 Å². The minimum atomic E-state index is -0.0141. The number of methoxy groups -OCH3 is 2. The number of nitrogens with two attached hydrogens (primary N) is 1. The first-order valence-corrected chi connectivity index (χ1v) is 6.58. The molecule has 116 valence electrons. The van der Waals surface area contributed by atoms with Gasteiger partial charge in [0.05, 0.1) is 14.2 Å². The number of carbonyl (C=O) groups excluding carboxylic acids is 1.